The van der Waals surface area contributed by atoms with Crippen molar-refractivity contribution in [1.29, 1.82) is 0 Å². The van der Waals surface area contributed by atoms with Crippen molar-refractivity contribution in [3.8, 4) is 0 Å². The molecular formula is C14H28N2O2. The minimum absolute atomic E-state index is 0.329. The molecule has 1 saturated carbocycles. The molecule has 0 aromatic carbocycles. The van der Waals surface area contributed by atoms with E-state index < -0.39 is 5.60 Å². The van der Waals surface area contributed by atoms with Gasteiger partial charge >= 0.3 is 6.09 Å². The van der Waals surface area contributed by atoms with Crippen molar-refractivity contribution >= 4 is 6.09 Å². The normalized spacial score (nSPS) is 19.2. The molecule has 0 saturated heterocycles. The van der Waals surface area contributed by atoms with Crippen molar-refractivity contribution in [3.63, 3.8) is 0 Å². The summed E-state index contributed by atoms with van der Waals surface area (Å²) in [6.45, 7) is 11.8. The van der Waals surface area contributed by atoms with Crippen molar-refractivity contribution in [2.45, 2.75) is 65.5 Å². The van der Waals surface area contributed by atoms with Crippen LogP contribution in [0, 0.1) is 5.41 Å². The van der Waals surface area contributed by atoms with E-state index in [1.54, 1.807) is 0 Å². The minimum atomic E-state index is -0.419. The first-order valence-corrected chi connectivity index (χ1v) is 6.93. The van der Waals surface area contributed by atoms with E-state index in [1.165, 1.54) is 12.8 Å². The monoisotopic (exact) mass is 256 g/mol. The van der Waals surface area contributed by atoms with E-state index >= 15 is 0 Å². The number of hydrogen-bond acceptors (Lipinski definition) is 3. The van der Waals surface area contributed by atoms with Crippen molar-refractivity contribution in [1.82, 2.24) is 10.6 Å². The molecule has 106 valence electrons. The molecule has 0 bridgehead atoms. The summed E-state index contributed by atoms with van der Waals surface area (Å²) in [5.74, 6) is 0. The van der Waals surface area contributed by atoms with E-state index in [4.69, 9.17) is 4.74 Å². The molecule has 1 fully saturated rings. The smallest absolute Gasteiger partial charge is 0.407 e. The molecule has 2 N–H and O–H groups in total. The molecule has 0 aromatic rings. The Bertz CT molecular complexity index is 280. The topological polar surface area (TPSA) is 50.4 Å². The third kappa shape index (κ3) is 5.71. The molecule has 1 unspecified atom stereocenters. The Hall–Kier alpha value is -0.770. The number of carbonyl (C=O) groups is 1. The number of ether oxygens (including phenoxy) is 1. The van der Waals surface area contributed by atoms with Crippen LogP contribution < -0.4 is 10.6 Å². The van der Waals surface area contributed by atoms with E-state index in [1.807, 2.05) is 20.8 Å². The first kappa shape index (κ1) is 15.3. The Morgan fingerprint density at radius 2 is 1.94 bits per heavy atom. The van der Waals surface area contributed by atoms with Crippen molar-refractivity contribution < 1.29 is 9.53 Å². The Morgan fingerprint density at radius 1 is 1.33 bits per heavy atom. The molecule has 1 rings (SSSR count). The van der Waals surface area contributed by atoms with Gasteiger partial charge in [-0.05, 0) is 58.9 Å². The quantitative estimate of drug-likeness (QED) is 0.718. The van der Waals surface area contributed by atoms with Gasteiger partial charge in [-0.15, -0.1) is 0 Å². The molecule has 0 heterocycles. The summed E-state index contributed by atoms with van der Waals surface area (Å²) in [7, 11) is 0. The van der Waals surface area contributed by atoms with E-state index in [0.717, 1.165) is 13.0 Å². The van der Waals surface area contributed by atoms with Gasteiger partial charge in [0, 0.05) is 12.6 Å². The zero-order valence-electron chi connectivity index (χ0n) is 12.4. The van der Waals surface area contributed by atoms with Crippen LogP contribution in [0.3, 0.4) is 0 Å². The SMILES string of the molecule is CC(NCCCNC(=O)OC(C)(C)C)C1(C)CC1. The molecule has 1 aliphatic carbocycles. The highest BCUT2D eigenvalue weighted by atomic mass is 16.6. The van der Waals surface area contributed by atoms with Crippen LogP contribution in [0.5, 0.6) is 0 Å². The predicted molar refractivity (Wildman–Crippen MR) is 73.7 cm³/mol. The van der Waals surface area contributed by atoms with Gasteiger partial charge in [0.25, 0.3) is 0 Å². The first-order chi connectivity index (χ1) is 8.23. The van der Waals surface area contributed by atoms with Crippen LogP contribution in [0.1, 0.15) is 53.9 Å². The van der Waals surface area contributed by atoms with Crippen LogP contribution >= 0.6 is 0 Å². The number of nitrogens with one attached hydrogen (secondary N) is 2. The van der Waals surface area contributed by atoms with Gasteiger partial charge in [-0.25, -0.2) is 4.79 Å². The lowest BCUT2D eigenvalue weighted by atomic mass is 10.0. The van der Waals surface area contributed by atoms with E-state index in [9.17, 15) is 4.79 Å². The lowest BCUT2D eigenvalue weighted by molar-refractivity contribution is 0.0527. The van der Waals surface area contributed by atoms with E-state index in [-0.39, 0.29) is 6.09 Å². The molecular weight excluding hydrogens is 228 g/mol. The third-order valence-corrected chi connectivity index (χ3v) is 3.56. The fourth-order valence-corrected chi connectivity index (χ4v) is 1.79. The molecule has 1 amide bonds. The van der Waals surface area contributed by atoms with Crippen LogP contribution in [-0.2, 0) is 4.74 Å². The lowest BCUT2D eigenvalue weighted by Gasteiger charge is -2.21. The second-order valence-corrected chi connectivity index (χ2v) is 6.61. The van der Waals surface area contributed by atoms with Crippen LogP contribution in [0.15, 0.2) is 0 Å². The van der Waals surface area contributed by atoms with Gasteiger partial charge in [0.15, 0.2) is 0 Å². The number of rotatable bonds is 6. The summed E-state index contributed by atoms with van der Waals surface area (Å²) in [6.07, 6.45) is 3.26. The zero-order chi connectivity index (χ0) is 13.8. The van der Waals surface area contributed by atoms with Crippen LogP contribution in [-0.4, -0.2) is 30.8 Å². The fraction of sp³-hybridized carbons (Fsp3) is 0.929. The zero-order valence-corrected chi connectivity index (χ0v) is 12.4. The maximum absolute atomic E-state index is 11.4. The summed E-state index contributed by atoms with van der Waals surface area (Å²) in [5.41, 5.74) is 0.0933. The fourth-order valence-electron chi connectivity index (χ4n) is 1.79. The molecule has 18 heavy (non-hydrogen) atoms. The molecule has 0 aromatic heterocycles. The van der Waals surface area contributed by atoms with Gasteiger partial charge in [0.05, 0.1) is 0 Å². The number of carbonyl (C=O) groups excluding carboxylic acids is 1. The van der Waals surface area contributed by atoms with Gasteiger partial charge in [-0.1, -0.05) is 6.92 Å². The van der Waals surface area contributed by atoms with Gasteiger partial charge in [-0.2, -0.15) is 0 Å². The number of hydrogen-bond donors (Lipinski definition) is 2. The largest absolute Gasteiger partial charge is 0.444 e. The van der Waals surface area contributed by atoms with Crippen LogP contribution in [0.25, 0.3) is 0 Å². The molecule has 4 nitrogen and oxygen atoms in total. The van der Waals surface area contributed by atoms with Gasteiger partial charge in [0.2, 0.25) is 0 Å². The molecule has 0 aliphatic heterocycles. The summed E-state index contributed by atoms with van der Waals surface area (Å²) in [5, 5.41) is 6.28. The number of amides is 1. The number of alkyl carbamates (subject to hydrolysis) is 1. The highest BCUT2D eigenvalue weighted by Crippen LogP contribution is 2.47. The third-order valence-electron chi connectivity index (χ3n) is 3.56. The molecule has 1 atom stereocenters. The van der Waals surface area contributed by atoms with Gasteiger partial charge in [-0.3, -0.25) is 0 Å². The second-order valence-electron chi connectivity index (χ2n) is 6.61. The van der Waals surface area contributed by atoms with Gasteiger partial charge < -0.3 is 15.4 Å². The highest BCUT2D eigenvalue weighted by molar-refractivity contribution is 5.67. The average molecular weight is 256 g/mol. The van der Waals surface area contributed by atoms with E-state index in [0.29, 0.717) is 18.0 Å². The Balaban J connectivity index is 2.00. The first-order valence-electron chi connectivity index (χ1n) is 6.93. The maximum atomic E-state index is 11.4. The van der Waals surface area contributed by atoms with Gasteiger partial charge in [0.1, 0.15) is 5.60 Å². The minimum Gasteiger partial charge on any atom is -0.444 e. The standard InChI is InChI=1S/C14H28N2O2/c1-11(14(5)7-8-14)15-9-6-10-16-12(17)18-13(2,3)4/h11,15H,6-10H2,1-5H3,(H,16,17). The van der Waals surface area contributed by atoms with Crippen molar-refractivity contribution in [2.24, 2.45) is 5.41 Å². The van der Waals surface area contributed by atoms with Crippen LogP contribution in [0.2, 0.25) is 0 Å². The van der Waals surface area contributed by atoms with Crippen LogP contribution in [0.4, 0.5) is 4.79 Å². The molecule has 1 aliphatic rings. The second kappa shape index (κ2) is 5.91. The Labute approximate surface area is 111 Å². The predicted octanol–water partition coefficient (Wildman–Crippen LogP) is 2.68. The molecule has 0 radical (unpaired) electrons. The maximum Gasteiger partial charge on any atom is 0.407 e. The van der Waals surface area contributed by atoms with Crippen molar-refractivity contribution in [2.75, 3.05) is 13.1 Å². The van der Waals surface area contributed by atoms with Crippen molar-refractivity contribution in [3.05, 3.63) is 0 Å². The highest BCUT2D eigenvalue weighted by Gasteiger charge is 2.41. The summed E-state index contributed by atoms with van der Waals surface area (Å²) < 4.78 is 5.16. The Kier molecular flexibility index (Phi) is 5.02. The molecule has 4 heteroatoms. The summed E-state index contributed by atoms with van der Waals surface area (Å²) >= 11 is 0. The average Bonchev–Trinajstić information content (AvgIpc) is 2.94. The molecule has 0 spiro atoms. The van der Waals surface area contributed by atoms with E-state index in [2.05, 4.69) is 24.5 Å². The lowest BCUT2D eigenvalue weighted by Crippen LogP contribution is -2.37. The summed E-state index contributed by atoms with van der Waals surface area (Å²) in [4.78, 5) is 11.4. The summed E-state index contributed by atoms with van der Waals surface area (Å²) in [6, 6.07) is 0.569. The Morgan fingerprint density at radius 3 is 2.44 bits per heavy atom.